The van der Waals surface area contributed by atoms with Gasteiger partial charge in [-0.05, 0) is 102 Å². The van der Waals surface area contributed by atoms with Crippen LogP contribution < -0.4 is 0 Å². The van der Waals surface area contributed by atoms with Crippen LogP contribution in [0.15, 0.2) is 207 Å². The first-order valence-corrected chi connectivity index (χ1v) is 22.6. The van der Waals surface area contributed by atoms with E-state index in [1.165, 1.54) is 0 Å². The zero-order valence-electron chi connectivity index (χ0n) is 36.2. The summed E-state index contributed by atoms with van der Waals surface area (Å²) in [7, 11) is 0. The third-order valence-electron chi connectivity index (χ3n) is 13.2. The van der Waals surface area contributed by atoms with Crippen LogP contribution in [-0.2, 0) is 0 Å². The summed E-state index contributed by atoms with van der Waals surface area (Å²) < 4.78 is 0. The monoisotopic (exact) mass is 866 g/mol. The Bertz CT molecular complexity index is 4050. The maximum Gasteiger partial charge on any atom is 0.164 e. The summed E-state index contributed by atoms with van der Waals surface area (Å²) >= 11 is 0. The van der Waals surface area contributed by atoms with E-state index >= 15 is 0 Å². The fourth-order valence-corrected chi connectivity index (χ4v) is 9.94. The van der Waals surface area contributed by atoms with Crippen LogP contribution in [0.2, 0.25) is 0 Å². The zero-order valence-corrected chi connectivity index (χ0v) is 36.2. The highest BCUT2D eigenvalue weighted by atomic mass is 15.0. The molecule has 0 atom stereocenters. The van der Waals surface area contributed by atoms with E-state index in [0.717, 1.165) is 109 Å². The van der Waals surface area contributed by atoms with Crippen molar-refractivity contribution in [2.24, 2.45) is 0 Å². The topological polar surface area (TPSA) is 103 Å². The molecule has 14 aromatic rings. The highest BCUT2D eigenvalue weighted by molar-refractivity contribution is 6.27. The predicted octanol–water partition coefficient (Wildman–Crippen LogP) is 14.4. The highest BCUT2D eigenvalue weighted by Crippen LogP contribution is 2.43. The third-order valence-corrected chi connectivity index (χ3v) is 13.2. The van der Waals surface area contributed by atoms with Gasteiger partial charge in [0.15, 0.2) is 34.9 Å². The van der Waals surface area contributed by atoms with E-state index in [1.54, 1.807) is 0 Å². The standard InChI is InChI=1S/C60H34N8/c1-3-11-37(12-4-1)55-63-57(45-19-7-15-39-33-51-41(31-49(39)45)17-9-29-61-51)67-59(65-55)47-27-23-35-22-26-44-48(28-24-36-21-25-43(47)53(35)54(36)44)60-66-56(38-13-5-2-6-14-38)64-58(68-60)46-20-8-16-40-34-52-42(32-50(40)46)18-10-30-62-52/h1-34H. The van der Waals surface area contributed by atoms with Crippen LogP contribution in [0.3, 0.4) is 0 Å². The predicted molar refractivity (Wildman–Crippen MR) is 275 cm³/mol. The van der Waals surface area contributed by atoms with Crippen LogP contribution in [-0.4, -0.2) is 39.9 Å². The Labute approximate surface area is 388 Å². The van der Waals surface area contributed by atoms with Crippen molar-refractivity contribution in [1.29, 1.82) is 0 Å². The van der Waals surface area contributed by atoms with E-state index in [-0.39, 0.29) is 0 Å². The molecule has 0 saturated carbocycles. The van der Waals surface area contributed by atoms with Crippen molar-refractivity contribution in [2.45, 2.75) is 0 Å². The van der Waals surface area contributed by atoms with E-state index in [9.17, 15) is 0 Å². The summed E-state index contributed by atoms with van der Waals surface area (Å²) in [6, 6.07) is 67.0. The van der Waals surface area contributed by atoms with Gasteiger partial charge >= 0.3 is 0 Å². The van der Waals surface area contributed by atoms with Gasteiger partial charge in [0.1, 0.15) is 0 Å². The Morgan fingerprint density at radius 3 is 1.06 bits per heavy atom. The molecule has 4 aromatic heterocycles. The molecule has 0 fully saturated rings. The summed E-state index contributed by atoms with van der Waals surface area (Å²) in [5.74, 6) is 3.61. The molecular formula is C60H34N8. The van der Waals surface area contributed by atoms with Crippen LogP contribution in [0.25, 0.3) is 144 Å². The van der Waals surface area contributed by atoms with Crippen molar-refractivity contribution in [2.75, 3.05) is 0 Å². The van der Waals surface area contributed by atoms with E-state index in [2.05, 4.69) is 131 Å². The Kier molecular flexibility index (Phi) is 8.41. The molecule has 68 heavy (non-hydrogen) atoms. The number of hydrogen-bond acceptors (Lipinski definition) is 8. The molecule has 0 radical (unpaired) electrons. The van der Waals surface area contributed by atoms with Crippen LogP contribution in [0.5, 0.6) is 0 Å². The van der Waals surface area contributed by atoms with Gasteiger partial charge in [0, 0.05) is 56.5 Å². The number of aromatic nitrogens is 8. The Hall–Kier alpha value is -9.40. The first-order chi connectivity index (χ1) is 33.7. The molecule has 0 N–H and O–H groups in total. The summed E-state index contributed by atoms with van der Waals surface area (Å²) in [5, 5.41) is 12.9. The smallest absolute Gasteiger partial charge is 0.164 e. The molecule has 14 rings (SSSR count). The van der Waals surface area contributed by atoms with Crippen molar-refractivity contribution >= 4 is 75.7 Å². The van der Waals surface area contributed by atoms with Crippen LogP contribution in [0.1, 0.15) is 0 Å². The summed E-state index contributed by atoms with van der Waals surface area (Å²) in [6.07, 6.45) is 3.66. The number of pyridine rings is 2. The van der Waals surface area contributed by atoms with Crippen molar-refractivity contribution in [3.05, 3.63) is 207 Å². The minimum Gasteiger partial charge on any atom is -0.256 e. The van der Waals surface area contributed by atoms with E-state index in [4.69, 9.17) is 29.9 Å². The fourth-order valence-electron chi connectivity index (χ4n) is 9.94. The molecule has 314 valence electrons. The summed E-state index contributed by atoms with van der Waals surface area (Å²) in [4.78, 5) is 40.7. The Morgan fingerprint density at radius 1 is 0.235 bits per heavy atom. The van der Waals surface area contributed by atoms with E-state index in [0.29, 0.717) is 34.9 Å². The first kappa shape index (κ1) is 37.9. The minimum absolute atomic E-state index is 0.597. The zero-order chi connectivity index (χ0) is 44.7. The van der Waals surface area contributed by atoms with Crippen LogP contribution in [0.4, 0.5) is 0 Å². The van der Waals surface area contributed by atoms with E-state index in [1.807, 2.05) is 85.2 Å². The number of rotatable bonds is 6. The molecule has 0 aliphatic rings. The second kappa shape index (κ2) is 15.1. The average Bonchev–Trinajstić information content (AvgIpc) is 3.41. The molecular weight excluding hydrogens is 833 g/mol. The lowest BCUT2D eigenvalue weighted by molar-refractivity contribution is 1.08. The van der Waals surface area contributed by atoms with Crippen LogP contribution in [0, 0.1) is 0 Å². The van der Waals surface area contributed by atoms with Gasteiger partial charge in [-0.1, -0.05) is 146 Å². The maximum atomic E-state index is 5.32. The van der Waals surface area contributed by atoms with Gasteiger partial charge in [-0.15, -0.1) is 0 Å². The van der Waals surface area contributed by atoms with Crippen LogP contribution >= 0.6 is 0 Å². The summed E-state index contributed by atoms with van der Waals surface area (Å²) in [6.45, 7) is 0. The molecule has 4 heterocycles. The van der Waals surface area contributed by atoms with Gasteiger partial charge in [-0.25, -0.2) is 29.9 Å². The number of fused-ring (bicyclic) bond motifs is 4. The largest absolute Gasteiger partial charge is 0.256 e. The second-order valence-electron chi connectivity index (χ2n) is 17.1. The lowest BCUT2D eigenvalue weighted by atomic mass is 9.89. The van der Waals surface area contributed by atoms with Gasteiger partial charge < -0.3 is 0 Å². The average molecular weight is 867 g/mol. The third kappa shape index (κ3) is 6.16. The molecule has 8 nitrogen and oxygen atoms in total. The van der Waals surface area contributed by atoms with Crippen molar-refractivity contribution in [1.82, 2.24) is 39.9 Å². The Balaban J connectivity index is 0.979. The molecule has 0 spiro atoms. The quantitative estimate of drug-likeness (QED) is 0.120. The molecule has 0 amide bonds. The van der Waals surface area contributed by atoms with E-state index < -0.39 is 0 Å². The van der Waals surface area contributed by atoms with Gasteiger partial charge in [0.25, 0.3) is 0 Å². The number of hydrogen-bond donors (Lipinski definition) is 0. The minimum atomic E-state index is 0.597. The summed E-state index contributed by atoms with van der Waals surface area (Å²) in [5.41, 5.74) is 7.40. The molecule has 0 aliphatic carbocycles. The van der Waals surface area contributed by atoms with Gasteiger partial charge in [0.2, 0.25) is 0 Å². The van der Waals surface area contributed by atoms with Gasteiger partial charge in [0.05, 0.1) is 11.0 Å². The molecule has 0 saturated heterocycles. The lowest BCUT2D eigenvalue weighted by Crippen LogP contribution is -2.02. The maximum absolute atomic E-state index is 5.32. The highest BCUT2D eigenvalue weighted by Gasteiger charge is 2.22. The molecule has 8 heteroatoms. The normalized spacial score (nSPS) is 11.8. The number of benzene rings is 10. The second-order valence-corrected chi connectivity index (χ2v) is 17.1. The van der Waals surface area contributed by atoms with Crippen molar-refractivity contribution < 1.29 is 0 Å². The molecule has 10 aromatic carbocycles. The number of nitrogens with zero attached hydrogens (tertiary/aromatic N) is 8. The van der Waals surface area contributed by atoms with Crippen molar-refractivity contribution in [3.8, 4) is 68.3 Å². The fraction of sp³-hybridized carbons (Fsp3) is 0. The van der Waals surface area contributed by atoms with Gasteiger partial charge in [-0.2, -0.15) is 0 Å². The first-order valence-electron chi connectivity index (χ1n) is 22.6. The lowest BCUT2D eigenvalue weighted by Gasteiger charge is -2.17. The molecule has 0 aliphatic heterocycles. The van der Waals surface area contributed by atoms with Gasteiger partial charge in [-0.3, -0.25) is 9.97 Å². The molecule has 0 unspecified atom stereocenters. The molecule has 0 bridgehead atoms. The van der Waals surface area contributed by atoms with Crippen molar-refractivity contribution in [3.63, 3.8) is 0 Å². The SMILES string of the molecule is c1ccc(-c2nc(-c3cccc4cc5ncccc5cc34)nc(-c3ccc4ccc5c(-c6nc(-c7ccccc7)nc(-c7cccc8cc9ncccc9cc78)n6)ccc6ccc3c4c65)n2)cc1. The Morgan fingerprint density at radius 2 is 0.618 bits per heavy atom.